The average molecular weight is 286 g/mol. The maximum atomic E-state index is 10.8. The molecule has 2 nitrogen and oxygen atoms in total. The van der Waals surface area contributed by atoms with Gasteiger partial charge in [-0.1, -0.05) is 13.0 Å². The molecule has 1 aromatic carbocycles. The van der Waals surface area contributed by atoms with Gasteiger partial charge >= 0.3 is 0 Å². The normalized spacial score (nSPS) is 44.8. The van der Waals surface area contributed by atoms with Crippen molar-refractivity contribution in [3.63, 3.8) is 0 Å². The topological polar surface area (TPSA) is 40.5 Å². The number of aryl methyl sites for hydroxylation is 1. The number of hydrogen-bond donors (Lipinski definition) is 2. The molecule has 114 valence electrons. The molecule has 4 rings (SSSR count). The van der Waals surface area contributed by atoms with E-state index in [0.717, 1.165) is 25.2 Å². The third-order valence-corrected chi connectivity index (χ3v) is 7.27. The van der Waals surface area contributed by atoms with Crippen LogP contribution in [0.3, 0.4) is 0 Å². The quantitative estimate of drug-likeness (QED) is 0.757. The Bertz CT molecular complexity index is 577. The number of aromatic hydroxyl groups is 1. The molecule has 0 amide bonds. The van der Waals surface area contributed by atoms with Crippen molar-refractivity contribution >= 4 is 0 Å². The zero-order chi connectivity index (χ0) is 14.8. The second kappa shape index (κ2) is 4.25. The minimum absolute atomic E-state index is 0.0998. The summed E-state index contributed by atoms with van der Waals surface area (Å²) in [7, 11) is 0. The first-order chi connectivity index (χ1) is 9.92. The van der Waals surface area contributed by atoms with Crippen LogP contribution in [0.4, 0.5) is 0 Å². The Labute approximate surface area is 127 Å². The number of phenols is 1. The molecule has 0 saturated heterocycles. The van der Waals surface area contributed by atoms with E-state index in [4.69, 9.17) is 0 Å². The lowest BCUT2D eigenvalue weighted by molar-refractivity contribution is -0.0901. The fraction of sp³-hybridized carbons (Fsp3) is 0.684. The molecule has 2 fully saturated rings. The van der Waals surface area contributed by atoms with Crippen molar-refractivity contribution in [2.24, 2.45) is 17.3 Å². The van der Waals surface area contributed by atoms with Gasteiger partial charge in [0.2, 0.25) is 0 Å². The third-order valence-electron chi connectivity index (χ3n) is 7.27. The van der Waals surface area contributed by atoms with E-state index in [1.807, 2.05) is 12.1 Å². The van der Waals surface area contributed by atoms with Crippen molar-refractivity contribution in [1.82, 2.24) is 0 Å². The van der Waals surface area contributed by atoms with E-state index in [0.29, 0.717) is 17.6 Å². The van der Waals surface area contributed by atoms with E-state index in [2.05, 4.69) is 19.9 Å². The van der Waals surface area contributed by atoms with Crippen molar-refractivity contribution in [3.8, 4) is 5.75 Å². The highest BCUT2D eigenvalue weighted by atomic mass is 16.3. The molecule has 0 aliphatic heterocycles. The van der Waals surface area contributed by atoms with Gasteiger partial charge in [0.15, 0.2) is 0 Å². The van der Waals surface area contributed by atoms with Crippen LogP contribution in [0.2, 0.25) is 0 Å². The Morgan fingerprint density at radius 3 is 2.71 bits per heavy atom. The Morgan fingerprint density at radius 1 is 1.10 bits per heavy atom. The Balaban J connectivity index is 1.72. The fourth-order valence-electron chi connectivity index (χ4n) is 5.81. The molecule has 3 aliphatic carbocycles. The van der Waals surface area contributed by atoms with Gasteiger partial charge in [0.05, 0.1) is 5.60 Å². The first kappa shape index (κ1) is 13.6. The van der Waals surface area contributed by atoms with Crippen LogP contribution in [0.1, 0.15) is 63.0 Å². The summed E-state index contributed by atoms with van der Waals surface area (Å²) in [6, 6.07) is 5.96. The van der Waals surface area contributed by atoms with E-state index in [1.165, 1.54) is 30.4 Å². The molecule has 0 aromatic heterocycles. The van der Waals surface area contributed by atoms with Gasteiger partial charge in [0.1, 0.15) is 5.75 Å². The monoisotopic (exact) mass is 286 g/mol. The van der Waals surface area contributed by atoms with Crippen LogP contribution >= 0.6 is 0 Å². The maximum absolute atomic E-state index is 10.8. The van der Waals surface area contributed by atoms with Gasteiger partial charge in [-0.25, -0.2) is 0 Å². The number of fused-ring (bicyclic) bond motifs is 5. The zero-order valence-corrected chi connectivity index (χ0v) is 13.1. The summed E-state index contributed by atoms with van der Waals surface area (Å²) in [6.45, 7) is 4.38. The van der Waals surface area contributed by atoms with E-state index in [-0.39, 0.29) is 5.41 Å². The van der Waals surface area contributed by atoms with Gasteiger partial charge in [-0.3, -0.25) is 0 Å². The molecular weight excluding hydrogens is 260 g/mol. The minimum Gasteiger partial charge on any atom is -0.508 e. The van der Waals surface area contributed by atoms with Gasteiger partial charge in [0.25, 0.3) is 0 Å². The predicted molar refractivity (Wildman–Crippen MR) is 83.3 cm³/mol. The maximum Gasteiger partial charge on any atom is 0.115 e. The molecule has 1 aromatic rings. The van der Waals surface area contributed by atoms with Crippen molar-refractivity contribution in [1.29, 1.82) is 0 Å². The van der Waals surface area contributed by atoms with E-state index in [9.17, 15) is 10.2 Å². The first-order valence-electron chi connectivity index (χ1n) is 8.46. The van der Waals surface area contributed by atoms with Crippen LogP contribution in [0.5, 0.6) is 5.75 Å². The highest BCUT2D eigenvalue weighted by Gasteiger charge is 2.59. The second-order valence-electron chi connectivity index (χ2n) is 8.07. The number of hydrogen-bond acceptors (Lipinski definition) is 2. The summed E-state index contributed by atoms with van der Waals surface area (Å²) < 4.78 is 0. The number of aliphatic hydroxyl groups is 1. The molecule has 2 N–H and O–H groups in total. The molecule has 2 heteroatoms. The number of benzene rings is 1. The van der Waals surface area contributed by atoms with Crippen molar-refractivity contribution in [2.75, 3.05) is 0 Å². The molecule has 0 spiro atoms. The lowest BCUT2D eigenvalue weighted by Gasteiger charge is -2.52. The molecule has 21 heavy (non-hydrogen) atoms. The lowest BCUT2D eigenvalue weighted by Crippen LogP contribution is -2.49. The van der Waals surface area contributed by atoms with E-state index >= 15 is 0 Å². The average Bonchev–Trinajstić information content (AvgIpc) is 2.69. The number of phenolic OH excluding ortho intramolecular Hbond substituents is 1. The minimum atomic E-state index is -0.488. The molecule has 0 heterocycles. The smallest absolute Gasteiger partial charge is 0.115 e. The summed E-state index contributed by atoms with van der Waals surface area (Å²) in [6.07, 6.45) is 6.76. The summed E-state index contributed by atoms with van der Waals surface area (Å²) in [4.78, 5) is 0. The van der Waals surface area contributed by atoms with E-state index in [1.54, 1.807) is 0 Å². The zero-order valence-electron chi connectivity index (χ0n) is 13.1. The Kier molecular flexibility index (Phi) is 2.76. The Morgan fingerprint density at radius 2 is 1.90 bits per heavy atom. The standard InChI is InChI=1S/C19H26O2/c1-18-9-7-15-14-6-4-13(20)11-12(14)3-5-16(15)17(18)8-10-19(18,2)21/h4,6,11,15-17,20-21H,3,5,7-10H2,1-2H3. The molecule has 5 unspecified atom stereocenters. The SMILES string of the molecule is CC1(O)CCC2C3CCc4cc(O)ccc4C3CCC21C. The van der Waals surface area contributed by atoms with Gasteiger partial charge < -0.3 is 10.2 Å². The summed E-state index contributed by atoms with van der Waals surface area (Å²) in [5, 5.41) is 20.5. The van der Waals surface area contributed by atoms with Gasteiger partial charge in [-0.05, 0) is 91.9 Å². The van der Waals surface area contributed by atoms with Crippen LogP contribution < -0.4 is 0 Å². The van der Waals surface area contributed by atoms with Gasteiger partial charge in [-0.2, -0.15) is 0 Å². The van der Waals surface area contributed by atoms with E-state index < -0.39 is 5.60 Å². The summed E-state index contributed by atoms with van der Waals surface area (Å²) >= 11 is 0. The van der Waals surface area contributed by atoms with Crippen molar-refractivity contribution < 1.29 is 10.2 Å². The molecular formula is C19H26O2. The first-order valence-corrected chi connectivity index (χ1v) is 8.46. The lowest BCUT2D eigenvalue weighted by atomic mass is 9.53. The fourth-order valence-corrected chi connectivity index (χ4v) is 5.81. The van der Waals surface area contributed by atoms with Crippen molar-refractivity contribution in [3.05, 3.63) is 29.3 Å². The van der Waals surface area contributed by atoms with Crippen LogP contribution in [-0.2, 0) is 6.42 Å². The highest BCUT2D eigenvalue weighted by Crippen LogP contribution is 2.64. The molecule has 0 bridgehead atoms. The molecule has 0 radical (unpaired) electrons. The summed E-state index contributed by atoms with van der Waals surface area (Å²) in [5.74, 6) is 2.42. The van der Waals surface area contributed by atoms with Crippen LogP contribution in [-0.4, -0.2) is 15.8 Å². The largest absolute Gasteiger partial charge is 0.508 e. The Hall–Kier alpha value is -1.02. The van der Waals surface area contributed by atoms with Crippen molar-refractivity contribution in [2.45, 2.75) is 63.9 Å². The second-order valence-corrected chi connectivity index (χ2v) is 8.07. The van der Waals surface area contributed by atoms with Gasteiger partial charge in [-0.15, -0.1) is 0 Å². The number of rotatable bonds is 0. The third kappa shape index (κ3) is 1.75. The highest BCUT2D eigenvalue weighted by molar-refractivity contribution is 5.40. The molecule has 2 saturated carbocycles. The van der Waals surface area contributed by atoms with Crippen LogP contribution in [0.25, 0.3) is 0 Å². The van der Waals surface area contributed by atoms with Gasteiger partial charge in [0, 0.05) is 0 Å². The van der Waals surface area contributed by atoms with Crippen LogP contribution in [0, 0.1) is 17.3 Å². The molecule has 3 aliphatic rings. The van der Waals surface area contributed by atoms with Crippen LogP contribution in [0.15, 0.2) is 18.2 Å². The predicted octanol–water partition coefficient (Wildman–Crippen LogP) is 4.00. The molecule has 5 atom stereocenters. The summed E-state index contributed by atoms with van der Waals surface area (Å²) in [5.41, 5.74) is 2.43.